The van der Waals surface area contributed by atoms with E-state index in [1.807, 2.05) is 24.4 Å². The molecule has 0 bridgehead atoms. The summed E-state index contributed by atoms with van der Waals surface area (Å²) in [5.74, 6) is 0. The second-order valence-corrected chi connectivity index (χ2v) is 4.99. The molecule has 0 atom stereocenters. The first-order chi connectivity index (χ1) is 8.66. The summed E-state index contributed by atoms with van der Waals surface area (Å²) >= 11 is 12.0. The van der Waals surface area contributed by atoms with Crippen LogP contribution in [0.15, 0.2) is 36.7 Å². The Kier molecular flexibility index (Phi) is 4.59. The van der Waals surface area contributed by atoms with Gasteiger partial charge in [0.15, 0.2) is 0 Å². The molecule has 4 heteroatoms. The van der Waals surface area contributed by atoms with Gasteiger partial charge in [-0.2, -0.15) is 0 Å². The highest BCUT2D eigenvalue weighted by Gasteiger charge is 2.02. The molecular formula is C14H14Cl2N2. The van der Waals surface area contributed by atoms with Crippen molar-refractivity contribution in [1.29, 1.82) is 0 Å². The number of nitrogens with one attached hydrogen (secondary N) is 1. The molecule has 2 aromatic rings. The zero-order chi connectivity index (χ0) is 13.0. The van der Waals surface area contributed by atoms with Gasteiger partial charge in [-0.05, 0) is 41.8 Å². The van der Waals surface area contributed by atoms with Crippen molar-refractivity contribution >= 4 is 23.2 Å². The highest BCUT2D eigenvalue weighted by molar-refractivity contribution is 6.35. The third-order valence-corrected chi connectivity index (χ3v) is 3.38. The van der Waals surface area contributed by atoms with Crippen LogP contribution in [0.3, 0.4) is 0 Å². The average molecular weight is 281 g/mol. The Labute approximate surface area is 117 Å². The van der Waals surface area contributed by atoms with Gasteiger partial charge in [-0.25, -0.2) is 0 Å². The molecular weight excluding hydrogens is 267 g/mol. The third-order valence-electron chi connectivity index (χ3n) is 2.79. The van der Waals surface area contributed by atoms with Crippen LogP contribution in [0.5, 0.6) is 0 Å². The van der Waals surface area contributed by atoms with E-state index < -0.39 is 0 Å². The standard InChI is InChI=1S/C14H14Cl2N2/c1-10-4-5-17-8-12(10)9-18-7-11-2-3-13(15)6-14(11)16/h2-6,8,18H,7,9H2,1H3. The van der Waals surface area contributed by atoms with Crippen LogP contribution in [0.2, 0.25) is 10.0 Å². The summed E-state index contributed by atoms with van der Waals surface area (Å²) < 4.78 is 0. The van der Waals surface area contributed by atoms with E-state index in [1.165, 1.54) is 11.1 Å². The molecule has 0 unspecified atom stereocenters. The Balaban J connectivity index is 1.95. The van der Waals surface area contributed by atoms with Gasteiger partial charge in [0.2, 0.25) is 0 Å². The SMILES string of the molecule is Cc1ccncc1CNCc1ccc(Cl)cc1Cl. The fourth-order valence-corrected chi connectivity index (χ4v) is 2.15. The summed E-state index contributed by atoms with van der Waals surface area (Å²) in [6.07, 6.45) is 3.68. The Morgan fingerprint density at radius 2 is 1.89 bits per heavy atom. The minimum Gasteiger partial charge on any atom is -0.308 e. The van der Waals surface area contributed by atoms with Crippen LogP contribution in [-0.4, -0.2) is 4.98 Å². The Morgan fingerprint density at radius 3 is 2.61 bits per heavy atom. The van der Waals surface area contributed by atoms with Crippen molar-refractivity contribution in [2.24, 2.45) is 0 Å². The molecule has 0 spiro atoms. The molecule has 0 radical (unpaired) electrons. The van der Waals surface area contributed by atoms with E-state index in [-0.39, 0.29) is 0 Å². The van der Waals surface area contributed by atoms with Gasteiger partial charge in [0.05, 0.1) is 0 Å². The normalized spacial score (nSPS) is 10.6. The van der Waals surface area contributed by atoms with Crippen LogP contribution in [0, 0.1) is 6.92 Å². The summed E-state index contributed by atoms with van der Waals surface area (Å²) in [6.45, 7) is 3.57. The number of benzene rings is 1. The molecule has 2 nitrogen and oxygen atoms in total. The average Bonchev–Trinajstić information content (AvgIpc) is 2.34. The first-order valence-electron chi connectivity index (χ1n) is 5.71. The fourth-order valence-electron chi connectivity index (χ4n) is 1.68. The first-order valence-corrected chi connectivity index (χ1v) is 6.46. The lowest BCUT2D eigenvalue weighted by atomic mass is 10.1. The highest BCUT2D eigenvalue weighted by atomic mass is 35.5. The van der Waals surface area contributed by atoms with Crippen molar-refractivity contribution in [3.63, 3.8) is 0 Å². The second kappa shape index (κ2) is 6.19. The molecule has 0 aliphatic heterocycles. The molecule has 0 fully saturated rings. The number of hydrogen-bond acceptors (Lipinski definition) is 2. The molecule has 1 aromatic heterocycles. The van der Waals surface area contributed by atoms with E-state index in [2.05, 4.69) is 17.2 Å². The number of rotatable bonds is 4. The van der Waals surface area contributed by atoms with Gasteiger partial charge in [0, 0.05) is 35.5 Å². The van der Waals surface area contributed by atoms with E-state index >= 15 is 0 Å². The molecule has 0 amide bonds. The molecule has 1 aromatic carbocycles. The molecule has 18 heavy (non-hydrogen) atoms. The van der Waals surface area contributed by atoms with Crippen LogP contribution in [0.1, 0.15) is 16.7 Å². The van der Waals surface area contributed by atoms with E-state index in [4.69, 9.17) is 23.2 Å². The second-order valence-electron chi connectivity index (χ2n) is 4.14. The lowest BCUT2D eigenvalue weighted by Crippen LogP contribution is -2.14. The van der Waals surface area contributed by atoms with Crippen LogP contribution in [0.25, 0.3) is 0 Å². The predicted molar refractivity (Wildman–Crippen MR) is 76.0 cm³/mol. The van der Waals surface area contributed by atoms with Crippen molar-refractivity contribution < 1.29 is 0 Å². The van der Waals surface area contributed by atoms with Crippen molar-refractivity contribution in [1.82, 2.24) is 10.3 Å². The predicted octanol–water partition coefficient (Wildman–Crippen LogP) is 3.99. The van der Waals surface area contributed by atoms with Crippen molar-refractivity contribution in [2.75, 3.05) is 0 Å². The van der Waals surface area contributed by atoms with Gasteiger partial charge in [0.25, 0.3) is 0 Å². The molecule has 0 saturated heterocycles. The Morgan fingerprint density at radius 1 is 1.11 bits per heavy atom. The van der Waals surface area contributed by atoms with Gasteiger partial charge in [-0.15, -0.1) is 0 Å². The minimum atomic E-state index is 0.659. The first kappa shape index (κ1) is 13.3. The molecule has 0 saturated carbocycles. The summed E-state index contributed by atoms with van der Waals surface area (Å²) in [4.78, 5) is 4.12. The van der Waals surface area contributed by atoms with E-state index in [0.29, 0.717) is 16.6 Å². The molecule has 2 rings (SSSR count). The van der Waals surface area contributed by atoms with E-state index in [0.717, 1.165) is 12.1 Å². The smallest absolute Gasteiger partial charge is 0.0465 e. The van der Waals surface area contributed by atoms with Crippen molar-refractivity contribution in [3.8, 4) is 0 Å². The number of nitrogens with zero attached hydrogens (tertiary/aromatic N) is 1. The molecule has 1 N–H and O–H groups in total. The third kappa shape index (κ3) is 3.45. The molecule has 0 aliphatic carbocycles. The van der Waals surface area contributed by atoms with Gasteiger partial charge in [-0.3, -0.25) is 4.98 Å². The summed E-state index contributed by atoms with van der Waals surface area (Å²) in [5, 5.41) is 4.70. The Bertz CT molecular complexity index is 541. The van der Waals surface area contributed by atoms with Gasteiger partial charge >= 0.3 is 0 Å². The van der Waals surface area contributed by atoms with Crippen molar-refractivity contribution in [3.05, 3.63) is 63.4 Å². The van der Waals surface area contributed by atoms with Gasteiger partial charge in [-0.1, -0.05) is 29.3 Å². The van der Waals surface area contributed by atoms with Gasteiger partial charge in [0.1, 0.15) is 0 Å². The largest absolute Gasteiger partial charge is 0.308 e. The topological polar surface area (TPSA) is 24.9 Å². The highest BCUT2D eigenvalue weighted by Crippen LogP contribution is 2.20. The zero-order valence-corrected chi connectivity index (χ0v) is 11.6. The number of aromatic nitrogens is 1. The number of aryl methyl sites for hydroxylation is 1. The van der Waals surface area contributed by atoms with Gasteiger partial charge < -0.3 is 5.32 Å². The number of halogens is 2. The van der Waals surface area contributed by atoms with Crippen LogP contribution in [-0.2, 0) is 13.1 Å². The maximum atomic E-state index is 6.11. The molecule has 1 heterocycles. The summed E-state index contributed by atoms with van der Waals surface area (Å²) in [7, 11) is 0. The number of hydrogen-bond donors (Lipinski definition) is 1. The van der Waals surface area contributed by atoms with E-state index in [1.54, 1.807) is 12.3 Å². The lowest BCUT2D eigenvalue weighted by molar-refractivity contribution is 0.688. The van der Waals surface area contributed by atoms with Crippen LogP contribution >= 0.6 is 23.2 Å². The molecule has 94 valence electrons. The summed E-state index contributed by atoms with van der Waals surface area (Å²) in [6, 6.07) is 7.55. The fraction of sp³-hybridized carbons (Fsp3) is 0.214. The summed E-state index contributed by atoms with van der Waals surface area (Å²) in [5.41, 5.74) is 3.48. The Hall–Kier alpha value is -1.09. The maximum absolute atomic E-state index is 6.11. The lowest BCUT2D eigenvalue weighted by Gasteiger charge is -2.08. The van der Waals surface area contributed by atoms with Crippen molar-refractivity contribution in [2.45, 2.75) is 20.0 Å². The van der Waals surface area contributed by atoms with Crippen LogP contribution < -0.4 is 5.32 Å². The monoisotopic (exact) mass is 280 g/mol. The minimum absolute atomic E-state index is 0.659. The molecule has 0 aliphatic rings. The zero-order valence-electron chi connectivity index (χ0n) is 10.1. The quantitative estimate of drug-likeness (QED) is 0.916. The van der Waals surface area contributed by atoms with Crippen LogP contribution in [0.4, 0.5) is 0 Å². The maximum Gasteiger partial charge on any atom is 0.0465 e. The number of pyridine rings is 1. The van der Waals surface area contributed by atoms with E-state index in [9.17, 15) is 0 Å².